The van der Waals surface area contributed by atoms with Crippen molar-refractivity contribution in [3.05, 3.63) is 53.3 Å². The lowest BCUT2D eigenvalue weighted by Gasteiger charge is -2.43. The second-order valence-electron chi connectivity index (χ2n) is 7.14. The highest BCUT2D eigenvalue weighted by Crippen LogP contribution is 2.29. The SMILES string of the molecule is Brc1ccc2ncnc(-c3ccc(N4CCN(C5COC5)CC4)cc3)c2c1. The highest BCUT2D eigenvalue weighted by Gasteiger charge is 2.28. The maximum atomic E-state index is 5.32. The van der Waals surface area contributed by atoms with Gasteiger partial charge in [0.2, 0.25) is 0 Å². The van der Waals surface area contributed by atoms with Crippen molar-refractivity contribution in [2.24, 2.45) is 0 Å². The minimum absolute atomic E-state index is 0.639. The molecular formula is C21H21BrN4O. The molecule has 0 radical (unpaired) electrons. The molecule has 5 rings (SSSR count). The number of hydrogen-bond acceptors (Lipinski definition) is 5. The predicted molar refractivity (Wildman–Crippen MR) is 111 cm³/mol. The van der Waals surface area contributed by atoms with Crippen LogP contribution in [0.15, 0.2) is 53.3 Å². The molecule has 27 heavy (non-hydrogen) atoms. The molecular weight excluding hydrogens is 404 g/mol. The molecule has 5 nitrogen and oxygen atoms in total. The summed E-state index contributed by atoms with van der Waals surface area (Å²) in [6, 6.07) is 15.5. The number of piperazine rings is 1. The van der Waals surface area contributed by atoms with Crippen molar-refractivity contribution < 1.29 is 4.74 Å². The van der Waals surface area contributed by atoms with Gasteiger partial charge in [0, 0.05) is 47.3 Å². The van der Waals surface area contributed by atoms with Crippen molar-refractivity contribution in [3.63, 3.8) is 0 Å². The fraction of sp³-hybridized carbons (Fsp3) is 0.333. The van der Waals surface area contributed by atoms with Gasteiger partial charge >= 0.3 is 0 Å². The standard InChI is InChI=1S/C21H21BrN4O/c22-16-3-6-20-19(11-16)21(24-14-23-20)15-1-4-17(5-2-15)25-7-9-26(10-8-25)18-12-27-13-18/h1-6,11,14,18H,7-10,12-13H2. The Labute approximate surface area is 167 Å². The van der Waals surface area contributed by atoms with Crippen LogP contribution in [-0.4, -0.2) is 60.3 Å². The van der Waals surface area contributed by atoms with Gasteiger partial charge in [0.25, 0.3) is 0 Å². The van der Waals surface area contributed by atoms with Crippen molar-refractivity contribution in [2.45, 2.75) is 6.04 Å². The summed E-state index contributed by atoms with van der Waals surface area (Å²) < 4.78 is 6.36. The maximum Gasteiger partial charge on any atom is 0.116 e. The first-order chi connectivity index (χ1) is 13.3. The highest BCUT2D eigenvalue weighted by atomic mass is 79.9. The zero-order valence-corrected chi connectivity index (χ0v) is 16.6. The van der Waals surface area contributed by atoms with Gasteiger partial charge in [0.1, 0.15) is 6.33 Å². The fourth-order valence-corrected chi connectivity index (χ4v) is 4.23. The lowest BCUT2D eigenvalue weighted by molar-refractivity contribution is -0.0660. The Morgan fingerprint density at radius 2 is 1.70 bits per heavy atom. The van der Waals surface area contributed by atoms with Crippen LogP contribution in [0.4, 0.5) is 5.69 Å². The van der Waals surface area contributed by atoms with Gasteiger partial charge in [-0.15, -0.1) is 0 Å². The van der Waals surface area contributed by atoms with Crippen molar-refractivity contribution in [2.75, 3.05) is 44.3 Å². The topological polar surface area (TPSA) is 41.5 Å². The Morgan fingerprint density at radius 3 is 2.41 bits per heavy atom. The average molecular weight is 425 g/mol. The number of halogens is 1. The molecule has 0 atom stereocenters. The molecule has 6 heteroatoms. The van der Waals surface area contributed by atoms with Gasteiger partial charge < -0.3 is 9.64 Å². The molecule has 1 aromatic heterocycles. The van der Waals surface area contributed by atoms with E-state index in [0.717, 1.165) is 66.0 Å². The average Bonchev–Trinajstić information content (AvgIpc) is 2.67. The van der Waals surface area contributed by atoms with Crippen LogP contribution in [-0.2, 0) is 4.74 Å². The zero-order valence-electron chi connectivity index (χ0n) is 15.0. The van der Waals surface area contributed by atoms with Gasteiger partial charge in [0.15, 0.2) is 0 Å². The maximum absolute atomic E-state index is 5.32. The smallest absolute Gasteiger partial charge is 0.116 e. The van der Waals surface area contributed by atoms with E-state index in [0.29, 0.717) is 6.04 Å². The van der Waals surface area contributed by atoms with Crippen molar-refractivity contribution in [1.29, 1.82) is 0 Å². The fourth-order valence-electron chi connectivity index (χ4n) is 3.87. The van der Waals surface area contributed by atoms with E-state index >= 15 is 0 Å². The minimum Gasteiger partial charge on any atom is -0.378 e. The highest BCUT2D eigenvalue weighted by molar-refractivity contribution is 9.10. The third kappa shape index (κ3) is 3.33. The number of anilines is 1. The normalized spacial score (nSPS) is 18.6. The number of aromatic nitrogens is 2. The monoisotopic (exact) mass is 424 g/mol. The zero-order chi connectivity index (χ0) is 18.2. The first kappa shape index (κ1) is 17.1. The molecule has 0 bridgehead atoms. The van der Waals surface area contributed by atoms with Crippen molar-refractivity contribution in [3.8, 4) is 11.3 Å². The number of nitrogens with zero attached hydrogens (tertiary/aromatic N) is 4. The molecule has 0 amide bonds. The van der Waals surface area contributed by atoms with Crippen LogP contribution in [0.25, 0.3) is 22.2 Å². The van der Waals surface area contributed by atoms with Gasteiger partial charge in [-0.05, 0) is 30.3 Å². The van der Waals surface area contributed by atoms with Gasteiger partial charge in [-0.3, -0.25) is 4.90 Å². The number of benzene rings is 2. The number of ether oxygens (including phenoxy) is 1. The molecule has 138 valence electrons. The summed E-state index contributed by atoms with van der Waals surface area (Å²) in [5.74, 6) is 0. The van der Waals surface area contributed by atoms with Crippen LogP contribution in [0.5, 0.6) is 0 Å². The van der Waals surface area contributed by atoms with Gasteiger partial charge in [0.05, 0.1) is 30.5 Å². The van der Waals surface area contributed by atoms with E-state index in [1.165, 1.54) is 5.69 Å². The summed E-state index contributed by atoms with van der Waals surface area (Å²) in [5, 5.41) is 1.07. The Balaban J connectivity index is 1.36. The largest absolute Gasteiger partial charge is 0.378 e. The molecule has 3 aromatic rings. The van der Waals surface area contributed by atoms with Crippen LogP contribution in [0.1, 0.15) is 0 Å². The van der Waals surface area contributed by atoms with E-state index in [1.54, 1.807) is 6.33 Å². The molecule has 0 aliphatic carbocycles. The summed E-state index contributed by atoms with van der Waals surface area (Å²) in [7, 11) is 0. The number of fused-ring (bicyclic) bond motifs is 1. The molecule has 0 unspecified atom stereocenters. The van der Waals surface area contributed by atoms with Crippen LogP contribution in [0, 0.1) is 0 Å². The van der Waals surface area contributed by atoms with E-state index in [1.807, 2.05) is 12.1 Å². The second kappa shape index (κ2) is 7.19. The molecule has 0 saturated carbocycles. The molecule has 3 heterocycles. The summed E-state index contributed by atoms with van der Waals surface area (Å²) >= 11 is 3.55. The van der Waals surface area contributed by atoms with E-state index in [2.05, 4.69) is 66.0 Å². The Kier molecular flexibility index (Phi) is 4.55. The first-order valence-corrected chi connectivity index (χ1v) is 10.1. The molecule has 2 aromatic carbocycles. The molecule has 0 N–H and O–H groups in total. The lowest BCUT2D eigenvalue weighted by Crippen LogP contribution is -2.56. The number of hydrogen-bond donors (Lipinski definition) is 0. The van der Waals surface area contributed by atoms with Crippen molar-refractivity contribution >= 4 is 32.5 Å². The Bertz CT molecular complexity index is 950. The van der Waals surface area contributed by atoms with Gasteiger partial charge in [-0.2, -0.15) is 0 Å². The van der Waals surface area contributed by atoms with E-state index in [4.69, 9.17) is 4.74 Å². The van der Waals surface area contributed by atoms with E-state index in [9.17, 15) is 0 Å². The molecule has 2 fully saturated rings. The lowest BCUT2D eigenvalue weighted by atomic mass is 10.1. The third-order valence-electron chi connectivity index (χ3n) is 5.55. The van der Waals surface area contributed by atoms with Crippen LogP contribution < -0.4 is 4.90 Å². The van der Waals surface area contributed by atoms with E-state index in [-0.39, 0.29) is 0 Å². The van der Waals surface area contributed by atoms with Crippen LogP contribution in [0.3, 0.4) is 0 Å². The van der Waals surface area contributed by atoms with Gasteiger partial charge in [-0.1, -0.05) is 28.1 Å². The second-order valence-corrected chi connectivity index (χ2v) is 8.06. The Morgan fingerprint density at radius 1 is 0.926 bits per heavy atom. The third-order valence-corrected chi connectivity index (χ3v) is 6.05. The van der Waals surface area contributed by atoms with Gasteiger partial charge in [-0.25, -0.2) is 9.97 Å². The first-order valence-electron chi connectivity index (χ1n) is 9.35. The minimum atomic E-state index is 0.639. The molecule has 2 saturated heterocycles. The molecule has 2 aliphatic heterocycles. The summed E-state index contributed by atoms with van der Waals surface area (Å²) in [4.78, 5) is 13.9. The molecule has 2 aliphatic rings. The predicted octanol–water partition coefficient (Wildman–Crippen LogP) is 3.58. The van der Waals surface area contributed by atoms with Crippen LogP contribution in [0.2, 0.25) is 0 Å². The number of rotatable bonds is 3. The Hall–Kier alpha value is -2.02. The van der Waals surface area contributed by atoms with E-state index < -0.39 is 0 Å². The summed E-state index contributed by atoms with van der Waals surface area (Å²) in [6.45, 7) is 6.16. The summed E-state index contributed by atoms with van der Waals surface area (Å²) in [6.07, 6.45) is 1.64. The summed E-state index contributed by atoms with van der Waals surface area (Å²) in [5.41, 5.74) is 4.34. The van der Waals surface area contributed by atoms with Crippen molar-refractivity contribution in [1.82, 2.24) is 14.9 Å². The van der Waals surface area contributed by atoms with Crippen LogP contribution >= 0.6 is 15.9 Å². The molecule has 0 spiro atoms. The quantitative estimate of drug-likeness (QED) is 0.642.